The summed E-state index contributed by atoms with van der Waals surface area (Å²) in [7, 11) is 1.86. The molecule has 0 fully saturated rings. The highest BCUT2D eigenvalue weighted by molar-refractivity contribution is 5.89. The first-order chi connectivity index (χ1) is 10.6. The predicted octanol–water partition coefficient (Wildman–Crippen LogP) is 4.65. The second-order valence-electron chi connectivity index (χ2n) is 5.90. The van der Waals surface area contributed by atoms with Crippen molar-refractivity contribution in [3.8, 4) is 0 Å². The SMILES string of the molecule is C/C=C\C1=C(C)CCC/C1=C\C(=O)N(C)Cc1ccccc1. The minimum Gasteiger partial charge on any atom is -0.338 e. The molecule has 0 aliphatic heterocycles. The summed E-state index contributed by atoms with van der Waals surface area (Å²) in [4.78, 5) is 14.3. The van der Waals surface area contributed by atoms with Gasteiger partial charge in [-0.3, -0.25) is 4.79 Å². The molecule has 0 radical (unpaired) electrons. The number of likely N-dealkylation sites (N-methyl/N-ethyl adjacent to an activating group) is 1. The van der Waals surface area contributed by atoms with Crippen molar-refractivity contribution >= 4 is 5.91 Å². The Kier molecular flexibility index (Phi) is 5.76. The van der Waals surface area contributed by atoms with Gasteiger partial charge in [0.05, 0.1) is 0 Å². The summed E-state index contributed by atoms with van der Waals surface area (Å²) in [6.45, 7) is 4.83. The zero-order chi connectivity index (χ0) is 15.9. The maximum absolute atomic E-state index is 12.5. The third-order valence-corrected chi connectivity index (χ3v) is 4.07. The third-order valence-electron chi connectivity index (χ3n) is 4.07. The molecule has 116 valence electrons. The van der Waals surface area contributed by atoms with Crippen LogP contribution in [0.1, 0.15) is 38.7 Å². The molecule has 0 unspecified atom stereocenters. The summed E-state index contributed by atoms with van der Waals surface area (Å²) in [6, 6.07) is 10.1. The van der Waals surface area contributed by atoms with E-state index in [1.54, 1.807) is 4.90 Å². The van der Waals surface area contributed by atoms with Crippen LogP contribution in [-0.4, -0.2) is 17.9 Å². The van der Waals surface area contributed by atoms with Crippen LogP contribution in [0.4, 0.5) is 0 Å². The molecule has 1 amide bonds. The number of hydrogen-bond donors (Lipinski definition) is 0. The zero-order valence-electron chi connectivity index (χ0n) is 13.8. The Hall–Kier alpha value is -2.09. The van der Waals surface area contributed by atoms with Gasteiger partial charge in [-0.25, -0.2) is 0 Å². The molecule has 2 rings (SSSR count). The topological polar surface area (TPSA) is 20.3 Å². The Morgan fingerprint density at radius 2 is 1.95 bits per heavy atom. The molecule has 0 spiro atoms. The Labute approximate surface area is 133 Å². The molecular formula is C20H25NO. The van der Waals surface area contributed by atoms with Gasteiger partial charge in [-0.05, 0) is 49.8 Å². The highest BCUT2D eigenvalue weighted by Crippen LogP contribution is 2.30. The van der Waals surface area contributed by atoms with Crippen LogP contribution in [0.2, 0.25) is 0 Å². The van der Waals surface area contributed by atoms with E-state index in [0.717, 1.165) is 24.8 Å². The summed E-state index contributed by atoms with van der Waals surface area (Å²) in [5, 5.41) is 0. The first-order valence-electron chi connectivity index (χ1n) is 7.94. The lowest BCUT2D eigenvalue weighted by Gasteiger charge is -2.21. The molecule has 0 N–H and O–H groups in total. The van der Waals surface area contributed by atoms with Gasteiger partial charge >= 0.3 is 0 Å². The van der Waals surface area contributed by atoms with Gasteiger partial charge in [0.2, 0.25) is 5.91 Å². The zero-order valence-corrected chi connectivity index (χ0v) is 13.8. The molecule has 22 heavy (non-hydrogen) atoms. The average molecular weight is 295 g/mol. The molecule has 1 aromatic rings. The number of benzene rings is 1. The van der Waals surface area contributed by atoms with Gasteiger partial charge < -0.3 is 4.90 Å². The van der Waals surface area contributed by atoms with Crippen LogP contribution < -0.4 is 0 Å². The van der Waals surface area contributed by atoms with Crippen molar-refractivity contribution in [2.45, 2.75) is 39.7 Å². The van der Waals surface area contributed by atoms with Crippen molar-refractivity contribution in [3.63, 3.8) is 0 Å². The molecular weight excluding hydrogens is 270 g/mol. The molecule has 0 saturated heterocycles. The van der Waals surface area contributed by atoms with Crippen LogP contribution in [0, 0.1) is 0 Å². The molecule has 1 aliphatic rings. The lowest BCUT2D eigenvalue weighted by atomic mass is 9.87. The number of rotatable bonds is 4. The number of amides is 1. The van der Waals surface area contributed by atoms with Gasteiger partial charge in [0.1, 0.15) is 0 Å². The van der Waals surface area contributed by atoms with E-state index < -0.39 is 0 Å². The highest BCUT2D eigenvalue weighted by Gasteiger charge is 2.15. The summed E-state index contributed by atoms with van der Waals surface area (Å²) in [5.41, 5.74) is 4.96. The Morgan fingerprint density at radius 3 is 2.64 bits per heavy atom. The van der Waals surface area contributed by atoms with E-state index in [1.807, 2.05) is 50.4 Å². The quantitative estimate of drug-likeness (QED) is 0.741. The normalized spacial score (nSPS) is 17.3. The summed E-state index contributed by atoms with van der Waals surface area (Å²) in [6.07, 6.45) is 9.25. The molecule has 1 aromatic carbocycles. The maximum Gasteiger partial charge on any atom is 0.246 e. The van der Waals surface area contributed by atoms with Crippen LogP contribution in [-0.2, 0) is 11.3 Å². The Morgan fingerprint density at radius 1 is 1.23 bits per heavy atom. The van der Waals surface area contributed by atoms with Crippen LogP contribution >= 0.6 is 0 Å². The minimum atomic E-state index is 0.0792. The van der Waals surface area contributed by atoms with Gasteiger partial charge in [-0.1, -0.05) is 48.1 Å². The first-order valence-corrected chi connectivity index (χ1v) is 7.94. The standard InChI is InChI=1S/C20H25NO/c1-4-9-19-16(2)10-8-13-18(19)14-20(22)21(3)15-17-11-6-5-7-12-17/h4-7,9,11-12,14H,8,10,13,15H2,1-3H3/b9-4-,18-14+. The van der Waals surface area contributed by atoms with Crippen molar-refractivity contribution in [1.29, 1.82) is 0 Å². The monoisotopic (exact) mass is 295 g/mol. The van der Waals surface area contributed by atoms with E-state index in [0.29, 0.717) is 6.54 Å². The predicted molar refractivity (Wildman–Crippen MR) is 92.4 cm³/mol. The molecule has 0 saturated carbocycles. The smallest absolute Gasteiger partial charge is 0.246 e. The van der Waals surface area contributed by atoms with E-state index >= 15 is 0 Å². The van der Waals surface area contributed by atoms with Gasteiger partial charge in [0.15, 0.2) is 0 Å². The Balaban J connectivity index is 2.13. The van der Waals surface area contributed by atoms with Crippen molar-refractivity contribution < 1.29 is 4.79 Å². The van der Waals surface area contributed by atoms with Crippen LogP contribution in [0.5, 0.6) is 0 Å². The number of nitrogens with zero attached hydrogens (tertiary/aromatic N) is 1. The maximum atomic E-state index is 12.5. The van der Waals surface area contributed by atoms with Crippen molar-refractivity contribution in [3.05, 3.63) is 70.8 Å². The van der Waals surface area contributed by atoms with Crippen LogP contribution in [0.15, 0.2) is 65.3 Å². The third kappa shape index (κ3) is 4.20. The van der Waals surface area contributed by atoms with E-state index in [2.05, 4.69) is 19.1 Å². The average Bonchev–Trinajstić information content (AvgIpc) is 2.51. The molecule has 0 bridgehead atoms. The number of carbonyl (C=O) groups excluding carboxylic acids is 1. The minimum absolute atomic E-state index is 0.0792. The highest BCUT2D eigenvalue weighted by atomic mass is 16.2. The van der Waals surface area contributed by atoms with E-state index in [-0.39, 0.29) is 5.91 Å². The number of carbonyl (C=O) groups is 1. The summed E-state index contributed by atoms with van der Waals surface area (Å²) >= 11 is 0. The molecule has 2 nitrogen and oxygen atoms in total. The van der Waals surface area contributed by atoms with Gasteiger partial charge in [-0.15, -0.1) is 0 Å². The van der Waals surface area contributed by atoms with E-state index in [4.69, 9.17) is 0 Å². The van der Waals surface area contributed by atoms with E-state index in [1.165, 1.54) is 16.7 Å². The second kappa shape index (κ2) is 7.79. The first kappa shape index (κ1) is 16.3. The van der Waals surface area contributed by atoms with Gasteiger partial charge in [0, 0.05) is 19.7 Å². The lowest BCUT2D eigenvalue weighted by Crippen LogP contribution is -2.24. The largest absolute Gasteiger partial charge is 0.338 e. The molecule has 0 heterocycles. The van der Waals surface area contributed by atoms with Crippen molar-refractivity contribution in [1.82, 2.24) is 4.90 Å². The van der Waals surface area contributed by atoms with Crippen molar-refractivity contribution in [2.75, 3.05) is 7.05 Å². The van der Waals surface area contributed by atoms with Crippen LogP contribution in [0.25, 0.3) is 0 Å². The van der Waals surface area contributed by atoms with E-state index in [9.17, 15) is 4.79 Å². The molecule has 2 heteroatoms. The fraction of sp³-hybridized carbons (Fsp3) is 0.350. The molecule has 0 aromatic heterocycles. The van der Waals surface area contributed by atoms with Gasteiger partial charge in [0.25, 0.3) is 0 Å². The Bertz CT molecular complexity index is 608. The number of allylic oxidation sites excluding steroid dienone is 5. The fourth-order valence-electron chi connectivity index (χ4n) is 2.85. The molecule has 1 aliphatic carbocycles. The van der Waals surface area contributed by atoms with Crippen molar-refractivity contribution in [2.24, 2.45) is 0 Å². The number of hydrogen-bond acceptors (Lipinski definition) is 1. The fourth-order valence-corrected chi connectivity index (χ4v) is 2.85. The molecule has 0 atom stereocenters. The second-order valence-corrected chi connectivity index (χ2v) is 5.90. The lowest BCUT2D eigenvalue weighted by molar-refractivity contribution is -0.125. The van der Waals surface area contributed by atoms with Gasteiger partial charge in [-0.2, -0.15) is 0 Å². The summed E-state index contributed by atoms with van der Waals surface area (Å²) < 4.78 is 0. The summed E-state index contributed by atoms with van der Waals surface area (Å²) in [5.74, 6) is 0.0792. The van der Waals surface area contributed by atoms with Crippen LogP contribution in [0.3, 0.4) is 0 Å².